The van der Waals surface area contributed by atoms with Crippen molar-refractivity contribution in [1.29, 1.82) is 0 Å². The summed E-state index contributed by atoms with van der Waals surface area (Å²) in [5.74, 6) is 0.803. The molecule has 1 aromatic carbocycles. The fourth-order valence-electron chi connectivity index (χ4n) is 1.75. The van der Waals surface area contributed by atoms with Gasteiger partial charge in [0.15, 0.2) is 5.78 Å². The Hall–Kier alpha value is -1.32. The maximum atomic E-state index is 12.2. The summed E-state index contributed by atoms with van der Waals surface area (Å²) in [4.78, 5) is 16.3. The van der Waals surface area contributed by atoms with Gasteiger partial charge in [-0.2, -0.15) is 0 Å². The van der Waals surface area contributed by atoms with Crippen molar-refractivity contribution in [3.05, 3.63) is 52.0 Å². The number of ketones is 1. The maximum Gasteiger partial charge on any atom is 0.184 e. The lowest BCUT2D eigenvalue weighted by Crippen LogP contribution is -2.12. The molecule has 5 heteroatoms. The molecule has 0 fully saturated rings. The normalized spacial score (nSPS) is 10.6. The highest BCUT2D eigenvalue weighted by molar-refractivity contribution is 6.35. The molecule has 0 aliphatic rings. The minimum Gasteiger partial charge on any atom is -0.327 e. The summed E-state index contributed by atoms with van der Waals surface area (Å²) in [6.45, 7) is 2.22. The number of hydrogen-bond acceptors (Lipinski definition) is 2. The molecule has 0 saturated carbocycles. The van der Waals surface area contributed by atoms with Crippen molar-refractivity contribution >= 4 is 29.0 Å². The number of benzene rings is 1. The summed E-state index contributed by atoms with van der Waals surface area (Å²) in [6, 6.07) is 4.88. The van der Waals surface area contributed by atoms with Crippen LogP contribution in [0.2, 0.25) is 10.0 Å². The van der Waals surface area contributed by atoms with Gasteiger partial charge in [-0.25, -0.2) is 4.98 Å². The van der Waals surface area contributed by atoms with Gasteiger partial charge in [-0.05, 0) is 18.2 Å². The van der Waals surface area contributed by atoms with Crippen LogP contribution >= 0.6 is 23.2 Å². The van der Waals surface area contributed by atoms with Crippen LogP contribution in [0.1, 0.15) is 23.1 Å². The van der Waals surface area contributed by atoms with Gasteiger partial charge >= 0.3 is 0 Å². The standard InChI is InChI=1S/C13H12Cl2N2O/c1-2-13-16-5-6-17(13)8-12(18)10-7-9(14)3-4-11(10)15/h3-7H,2,8H2,1H3. The molecule has 1 heterocycles. The van der Waals surface area contributed by atoms with E-state index in [0.717, 1.165) is 12.2 Å². The molecule has 1 aromatic heterocycles. The van der Waals surface area contributed by atoms with Gasteiger partial charge in [0.2, 0.25) is 0 Å². The summed E-state index contributed by atoms with van der Waals surface area (Å²) in [7, 11) is 0. The van der Waals surface area contributed by atoms with Crippen molar-refractivity contribution in [3.63, 3.8) is 0 Å². The molecule has 0 bridgehead atoms. The van der Waals surface area contributed by atoms with Crippen LogP contribution in [0.15, 0.2) is 30.6 Å². The zero-order valence-electron chi connectivity index (χ0n) is 9.86. The van der Waals surface area contributed by atoms with E-state index in [2.05, 4.69) is 4.98 Å². The molecule has 0 N–H and O–H groups in total. The van der Waals surface area contributed by atoms with Crippen LogP contribution in [-0.4, -0.2) is 15.3 Å². The lowest BCUT2D eigenvalue weighted by molar-refractivity contribution is 0.0971. The van der Waals surface area contributed by atoms with E-state index in [1.54, 1.807) is 30.6 Å². The van der Waals surface area contributed by atoms with E-state index in [1.165, 1.54) is 0 Å². The van der Waals surface area contributed by atoms with Crippen molar-refractivity contribution in [1.82, 2.24) is 9.55 Å². The summed E-state index contributed by atoms with van der Waals surface area (Å²) < 4.78 is 1.82. The lowest BCUT2D eigenvalue weighted by Gasteiger charge is -2.07. The van der Waals surface area contributed by atoms with E-state index >= 15 is 0 Å². The molecule has 2 rings (SSSR count). The molecule has 0 amide bonds. The number of Topliss-reactive ketones (excluding diaryl/α,β-unsaturated/α-hetero) is 1. The summed E-state index contributed by atoms with van der Waals surface area (Å²) in [6.07, 6.45) is 4.25. The highest BCUT2D eigenvalue weighted by Gasteiger charge is 2.13. The van der Waals surface area contributed by atoms with Crippen molar-refractivity contribution in [2.24, 2.45) is 0 Å². The highest BCUT2D eigenvalue weighted by Crippen LogP contribution is 2.21. The first-order valence-corrected chi connectivity index (χ1v) is 6.35. The van der Waals surface area contributed by atoms with Crippen LogP contribution in [0.4, 0.5) is 0 Å². The fourth-order valence-corrected chi connectivity index (χ4v) is 2.14. The first-order chi connectivity index (χ1) is 8.61. The van der Waals surface area contributed by atoms with Crippen LogP contribution in [0.3, 0.4) is 0 Å². The number of carbonyl (C=O) groups is 1. The Morgan fingerprint density at radius 3 is 2.89 bits per heavy atom. The third-order valence-corrected chi connectivity index (χ3v) is 3.23. The zero-order valence-corrected chi connectivity index (χ0v) is 11.4. The van der Waals surface area contributed by atoms with E-state index in [-0.39, 0.29) is 12.3 Å². The first kappa shape index (κ1) is 13.1. The Kier molecular flexibility index (Phi) is 4.04. The Labute approximate surface area is 115 Å². The summed E-state index contributed by atoms with van der Waals surface area (Å²) in [5, 5.41) is 0.923. The van der Waals surface area contributed by atoms with E-state index in [0.29, 0.717) is 15.6 Å². The average molecular weight is 283 g/mol. The Morgan fingerprint density at radius 2 is 2.17 bits per heavy atom. The summed E-state index contributed by atoms with van der Waals surface area (Å²) in [5.41, 5.74) is 0.444. The number of halogens is 2. The lowest BCUT2D eigenvalue weighted by atomic mass is 10.1. The molecule has 94 valence electrons. The van der Waals surface area contributed by atoms with E-state index in [1.807, 2.05) is 11.5 Å². The van der Waals surface area contributed by atoms with Crippen molar-refractivity contribution < 1.29 is 4.79 Å². The number of nitrogens with zero attached hydrogens (tertiary/aromatic N) is 2. The average Bonchev–Trinajstić information content (AvgIpc) is 2.79. The van der Waals surface area contributed by atoms with Crippen molar-refractivity contribution in [3.8, 4) is 0 Å². The fraction of sp³-hybridized carbons (Fsp3) is 0.231. The van der Waals surface area contributed by atoms with E-state index < -0.39 is 0 Å². The Balaban J connectivity index is 2.25. The molecule has 0 atom stereocenters. The zero-order chi connectivity index (χ0) is 13.1. The van der Waals surface area contributed by atoms with Gasteiger partial charge in [0, 0.05) is 29.4 Å². The monoisotopic (exact) mass is 282 g/mol. The van der Waals surface area contributed by atoms with Gasteiger partial charge in [0.1, 0.15) is 5.82 Å². The Morgan fingerprint density at radius 1 is 1.39 bits per heavy atom. The van der Waals surface area contributed by atoms with Crippen molar-refractivity contribution in [2.75, 3.05) is 0 Å². The number of carbonyl (C=O) groups excluding carboxylic acids is 1. The number of imidazole rings is 1. The molecular weight excluding hydrogens is 271 g/mol. The SMILES string of the molecule is CCc1nccn1CC(=O)c1cc(Cl)ccc1Cl. The molecular formula is C13H12Cl2N2O. The molecule has 18 heavy (non-hydrogen) atoms. The van der Waals surface area contributed by atoms with Crippen molar-refractivity contribution in [2.45, 2.75) is 19.9 Å². The molecule has 0 radical (unpaired) electrons. The van der Waals surface area contributed by atoms with Gasteiger partial charge in [-0.1, -0.05) is 30.1 Å². The topological polar surface area (TPSA) is 34.9 Å². The number of aryl methyl sites for hydroxylation is 1. The second-order valence-electron chi connectivity index (χ2n) is 3.87. The van der Waals surface area contributed by atoms with Gasteiger partial charge in [-0.15, -0.1) is 0 Å². The quantitative estimate of drug-likeness (QED) is 0.803. The van der Waals surface area contributed by atoms with Crippen LogP contribution in [0, 0.1) is 0 Å². The first-order valence-electron chi connectivity index (χ1n) is 5.60. The second kappa shape index (κ2) is 5.55. The largest absolute Gasteiger partial charge is 0.327 e. The van der Waals surface area contributed by atoms with Gasteiger partial charge < -0.3 is 4.57 Å². The summed E-state index contributed by atoms with van der Waals surface area (Å²) >= 11 is 11.9. The van der Waals surface area contributed by atoms with Crippen LogP contribution in [0.25, 0.3) is 0 Å². The number of rotatable bonds is 4. The molecule has 3 nitrogen and oxygen atoms in total. The second-order valence-corrected chi connectivity index (χ2v) is 4.72. The molecule has 0 aliphatic heterocycles. The molecule has 0 spiro atoms. The maximum absolute atomic E-state index is 12.2. The number of hydrogen-bond donors (Lipinski definition) is 0. The molecule has 0 saturated heterocycles. The van der Waals surface area contributed by atoms with Crippen LogP contribution < -0.4 is 0 Å². The molecule has 0 unspecified atom stereocenters. The predicted molar refractivity (Wildman–Crippen MR) is 72.4 cm³/mol. The van der Waals surface area contributed by atoms with Gasteiger partial charge in [0.05, 0.1) is 11.6 Å². The minimum absolute atomic E-state index is 0.0739. The van der Waals surface area contributed by atoms with Gasteiger partial charge in [0.25, 0.3) is 0 Å². The Bertz CT molecular complexity index is 578. The molecule has 0 aliphatic carbocycles. The third kappa shape index (κ3) is 2.74. The minimum atomic E-state index is -0.0739. The highest BCUT2D eigenvalue weighted by atomic mass is 35.5. The van der Waals surface area contributed by atoms with Crippen LogP contribution in [0.5, 0.6) is 0 Å². The van der Waals surface area contributed by atoms with E-state index in [9.17, 15) is 4.79 Å². The third-order valence-electron chi connectivity index (χ3n) is 2.66. The number of aromatic nitrogens is 2. The predicted octanol–water partition coefficient (Wildman–Crippen LogP) is 3.64. The van der Waals surface area contributed by atoms with Crippen LogP contribution in [-0.2, 0) is 13.0 Å². The van der Waals surface area contributed by atoms with E-state index in [4.69, 9.17) is 23.2 Å². The molecule has 2 aromatic rings. The smallest absolute Gasteiger partial charge is 0.184 e. The van der Waals surface area contributed by atoms with Gasteiger partial charge in [-0.3, -0.25) is 4.79 Å².